The lowest BCUT2D eigenvalue weighted by atomic mass is 10.0. The minimum absolute atomic E-state index is 0.0457. The Morgan fingerprint density at radius 2 is 1.59 bits per heavy atom. The molecule has 0 fully saturated rings. The maximum Gasteiger partial charge on any atom is 0.263 e. The summed E-state index contributed by atoms with van der Waals surface area (Å²) in [4.78, 5) is 12.8. The van der Waals surface area contributed by atoms with Gasteiger partial charge in [-0.25, -0.2) is 8.42 Å². The number of carbonyl (C=O) groups excluding carboxylic acids is 1. The van der Waals surface area contributed by atoms with Crippen LogP contribution in [0, 0.1) is 20.8 Å². The van der Waals surface area contributed by atoms with Crippen LogP contribution >= 0.6 is 11.6 Å². The number of hydrogen-bond acceptors (Lipinski definition) is 3. The zero-order valence-electron chi connectivity index (χ0n) is 18.6. The van der Waals surface area contributed by atoms with E-state index in [1.54, 1.807) is 6.07 Å². The average molecular weight is 471 g/mol. The van der Waals surface area contributed by atoms with Crippen molar-refractivity contribution < 1.29 is 13.2 Å². The van der Waals surface area contributed by atoms with Gasteiger partial charge in [-0.2, -0.15) is 0 Å². The normalized spacial score (nSPS) is 12.3. The van der Waals surface area contributed by atoms with Crippen LogP contribution in [0.4, 0.5) is 5.69 Å². The van der Waals surface area contributed by atoms with E-state index >= 15 is 0 Å². The van der Waals surface area contributed by atoms with Crippen molar-refractivity contribution in [3.8, 4) is 0 Å². The first-order chi connectivity index (χ1) is 15.1. The van der Waals surface area contributed by atoms with Crippen LogP contribution < -0.4 is 10.0 Å². The van der Waals surface area contributed by atoms with Crippen LogP contribution in [0.1, 0.15) is 52.0 Å². The van der Waals surface area contributed by atoms with Crippen LogP contribution in [0.3, 0.4) is 0 Å². The quantitative estimate of drug-likeness (QED) is 0.448. The SMILES string of the molecule is CCC(NC(=O)c1ccc(Cl)c(S(=O)(=O)Nc2ccc(C)cc2C)c1)c1ccc(C)cc1. The van der Waals surface area contributed by atoms with Crippen molar-refractivity contribution in [2.24, 2.45) is 0 Å². The number of amides is 1. The molecule has 0 aliphatic carbocycles. The van der Waals surface area contributed by atoms with E-state index in [2.05, 4.69) is 10.0 Å². The lowest BCUT2D eigenvalue weighted by Crippen LogP contribution is -2.28. The standard InChI is InChI=1S/C25H27ClN2O3S/c1-5-22(19-9-6-16(2)7-10-19)27-25(29)20-11-12-21(26)24(15-20)32(30,31)28-23-13-8-17(3)14-18(23)4/h6-15,22,28H,5H2,1-4H3,(H,27,29). The average Bonchev–Trinajstić information content (AvgIpc) is 2.74. The van der Waals surface area contributed by atoms with Crippen LogP contribution in [0.15, 0.2) is 65.6 Å². The largest absolute Gasteiger partial charge is 0.345 e. The van der Waals surface area contributed by atoms with E-state index in [1.165, 1.54) is 18.2 Å². The third-order valence-electron chi connectivity index (χ3n) is 5.30. The van der Waals surface area contributed by atoms with Gasteiger partial charge in [0.1, 0.15) is 4.90 Å². The second-order valence-electron chi connectivity index (χ2n) is 7.91. The molecule has 1 unspecified atom stereocenters. The molecule has 0 aromatic heterocycles. The molecule has 32 heavy (non-hydrogen) atoms. The summed E-state index contributed by atoms with van der Waals surface area (Å²) < 4.78 is 28.7. The fourth-order valence-electron chi connectivity index (χ4n) is 3.44. The number of aryl methyl sites for hydroxylation is 3. The lowest BCUT2D eigenvalue weighted by molar-refractivity contribution is 0.0935. The van der Waals surface area contributed by atoms with E-state index in [-0.39, 0.29) is 27.4 Å². The van der Waals surface area contributed by atoms with E-state index in [1.807, 2.05) is 64.1 Å². The highest BCUT2D eigenvalue weighted by atomic mass is 35.5. The molecular weight excluding hydrogens is 444 g/mol. The van der Waals surface area contributed by atoms with E-state index < -0.39 is 10.0 Å². The Morgan fingerprint density at radius 1 is 0.938 bits per heavy atom. The lowest BCUT2D eigenvalue weighted by Gasteiger charge is -2.18. The minimum atomic E-state index is -3.99. The number of hydrogen-bond donors (Lipinski definition) is 2. The number of carbonyl (C=O) groups is 1. The summed E-state index contributed by atoms with van der Waals surface area (Å²) in [7, 11) is -3.99. The summed E-state index contributed by atoms with van der Waals surface area (Å²) in [6.45, 7) is 7.75. The van der Waals surface area contributed by atoms with E-state index in [9.17, 15) is 13.2 Å². The fourth-order valence-corrected chi connectivity index (χ4v) is 5.10. The molecule has 0 aliphatic rings. The molecule has 3 aromatic carbocycles. The molecule has 7 heteroatoms. The molecule has 0 radical (unpaired) electrons. The smallest absolute Gasteiger partial charge is 0.263 e. The van der Waals surface area contributed by atoms with Gasteiger partial charge in [0.05, 0.1) is 16.8 Å². The van der Waals surface area contributed by atoms with Crippen molar-refractivity contribution in [2.75, 3.05) is 4.72 Å². The predicted octanol–water partition coefficient (Wildman–Crippen LogP) is 5.95. The van der Waals surface area contributed by atoms with E-state index in [0.29, 0.717) is 12.1 Å². The maximum atomic E-state index is 13.0. The highest BCUT2D eigenvalue weighted by Gasteiger charge is 2.22. The van der Waals surface area contributed by atoms with Crippen molar-refractivity contribution in [2.45, 2.75) is 45.1 Å². The Balaban J connectivity index is 1.86. The second-order valence-corrected chi connectivity index (χ2v) is 9.97. The number of benzene rings is 3. The molecule has 0 saturated carbocycles. The highest BCUT2D eigenvalue weighted by Crippen LogP contribution is 2.27. The van der Waals surface area contributed by atoms with Gasteiger partial charge in [0.15, 0.2) is 0 Å². The van der Waals surface area contributed by atoms with Crippen molar-refractivity contribution in [3.63, 3.8) is 0 Å². The Kier molecular flexibility index (Phi) is 7.26. The number of nitrogens with one attached hydrogen (secondary N) is 2. The second kappa shape index (κ2) is 9.76. The van der Waals surface area contributed by atoms with E-state index in [4.69, 9.17) is 11.6 Å². The minimum Gasteiger partial charge on any atom is -0.345 e. The predicted molar refractivity (Wildman–Crippen MR) is 130 cm³/mol. The van der Waals surface area contributed by atoms with Gasteiger partial charge in [0.25, 0.3) is 15.9 Å². The van der Waals surface area contributed by atoms with Gasteiger partial charge < -0.3 is 5.32 Å². The molecule has 2 N–H and O–H groups in total. The van der Waals surface area contributed by atoms with Gasteiger partial charge in [0.2, 0.25) is 0 Å². The Morgan fingerprint density at radius 3 is 2.22 bits per heavy atom. The summed E-state index contributed by atoms with van der Waals surface area (Å²) in [6.07, 6.45) is 0.696. The van der Waals surface area contributed by atoms with Gasteiger partial charge in [-0.15, -0.1) is 0 Å². The van der Waals surface area contributed by atoms with Crippen molar-refractivity contribution >= 4 is 33.2 Å². The van der Waals surface area contributed by atoms with Crippen LogP contribution in [-0.4, -0.2) is 14.3 Å². The number of anilines is 1. The first kappa shape index (κ1) is 23.8. The van der Waals surface area contributed by atoms with Crippen LogP contribution in [0.5, 0.6) is 0 Å². The molecule has 1 atom stereocenters. The van der Waals surface area contributed by atoms with Crippen LogP contribution in [0.2, 0.25) is 5.02 Å². The molecule has 5 nitrogen and oxygen atoms in total. The number of sulfonamides is 1. The van der Waals surface area contributed by atoms with Gasteiger partial charge in [-0.1, -0.05) is 66.0 Å². The number of halogens is 1. The van der Waals surface area contributed by atoms with Crippen molar-refractivity contribution in [1.82, 2.24) is 5.32 Å². The molecular formula is C25H27ClN2O3S. The van der Waals surface area contributed by atoms with E-state index in [0.717, 1.165) is 22.3 Å². The van der Waals surface area contributed by atoms with Gasteiger partial charge in [-0.05, 0) is 62.6 Å². The molecule has 168 valence electrons. The molecule has 0 spiro atoms. The van der Waals surface area contributed by atoms with Gasteiger partial charge in [-0.3, -0.25) is 9.52 Å². The first-order valence-corrected chi connectivity index (χ1v) is 12.2. The third kappa shape index (κ3) is 5.50. The zero-order valence-corrected chi connectivity index (χ0v) is 20.1. The highest BCUT2D eigenvalue weighted by molar-refractivity contribution is 7.92. The number of rotatable bonds is 7. The zero-order chi connectivity index (χ0) is 23.5. The van der Waals surface area contributed by atoms with Crippen LogP contribution in [0.25, 0.3) is 0 Å². The van der Waals surface area contributed by atoms with Crippen LogP contribution in [-0.2, 0) is 10.0 Å². The summed E-state index contributed by atoms with van der Waals surface area (Å²) >= 11 is 6.21. The molecule has 3 aromatic rings. The summed E-state index contributed by atoms with van der Waals surface area (Å²) in [5.41, 5.74) is 4.64. The fraction of sp³-hybridized carbons (Fsp3) is 0.240. The topological polar surface area (TPSA) is 75.3 Å². The van der Waals surface area contributed by atoms with Crippen molar-refractivity contribution in [1.29, 1.82) is 0 Å². The maximum absolute atomic E-state index is 13.0. The van der Waals surface area contributed by atoms with Crippen molar-refractivity contribution in [3.05, 3.63) is 93.5 Å². The molecule has 1 amide bonds. The van der Waals surface area contributed by atoms with Gasteiger partial charge >= 0.3 is 0 Å². The Hall–Kier alpha value is -2.83. The first-order valence-electron chi connectivity index (χ1n) is 10.4. The molecule has 0 heterocycles. The summed E-state index contributed by atoms with van der Waals surface area (Å²) in [5, 5.41) is 3.03. The van der Waals surface area contributed by atoms with Gasteiger partial charge in [0, 0.05) is 5.56 Å². The Labute approximate surface area is 194 Å². The molecule has 3 rings (SSSR count). The summed E-state index contributed by atoms with van der Waals surface area (Å²) in [6, 6.07) is 17.5. The molecule has 0 saturated heterocycles. The summed E-state index contributed by atoms with van der Waals surface area (Å²) in [5.74, 6) is -0.364. The Bertz CT molecular complexity index is 1240. The monoisotopic (exact) mass is 470 g/mol. The third-order valence-corrected chi connectivity index (χ3v) is 7.15. The molecule has 0 aliphatic heterocycles. The molecule has 0 bridgehead atoms.